The predicted octanol–water partition coefficient (Wildman–Crippen LogP) is 0.956. The van der Waals surface area contributed by atoms with Gasteiger partial charge in [-0.3, -0.25) is 13.9 Å². The zero-order valence-corrected chi connectivity index (χ0v) is 13.7. The summed E-state index contributed by atoms with van der Waals surface area (Å²) >= 11 is 6.05. The SMILES string of the molecule is Cn1c2c(c(=O)n(C)c1=O)[C@@H](c1cccc(Cl)c1)C(C#N)=C(N)O2. The molecule has 1 aliphatic rings. The van der Waals surface area contributed by atoms with Gasteiger partial charge in [0.25, 0.3) is 5.56 Å². The first-order valence-electron chi connectivity index (χ1n) is 6.99. The Balaban J connectivity index is 2.44. The summed E-state index contributed by atoms with van der Waals surface area (Å²) in [7, 11) is 2.84. The summed E-state index contributed by atoms with van der Waals surface area (Å²) in [6.07, 6.45) is 0. The van der Waals surface area contributed by atoms with Crippen LogP contribution < -0.4 is 21.7 Å². The number of fused-ring (bicyclic) bond motifs is 1. The average molecular weight is 345 g/mol. The van der Waals surface area contributed by atoms with Crippen LogP contribution in [0.2, 0.25) is 5.02 Å². The molecule has 0 fully saturated rings. The summed E-state index contributed by atoms with van der Waals surface area (Å²) in [5, 5.41) is 9.95. The Labute approximate surface area is 141 Å². The summed E-state index contributed by atoms with van der Waals surface area (Å²) < 4.78 is 7.57. The standard InChI is InChI=1S/C16H13ClN4O3/c1-20-14(22)12-11(8-4-3-5-9(17)6-8)10(7-18)13(19)24-15(12)21(2)16(20)23/h3-6,11H,19H2,1-2H3/t11-/m0/s1. The lowest BCUT2D eigenvalue weighted by Crippen LogP contribution is -2.42. The summed E-state index contributed by atoms with van der Waals surface area (Å²) in [5.41, 5.74) is 5.65. The van der Waals surface area contributed by atoms with Gasteiger partial charge in [-0.1, -0.05) is 23.7 Å². The van der Waals surface area contributed by atoms with Gasteiger partial charge < -0.3 is 10.5 Å². The monoisotopic (exact) mass is 344 g/mol. The highest BCUT2D eigenvalue weighted by molar-refractivity contribution is 6.30. The topological polar surface area (TPSA) is 103 Å². The maximum absolute atomic E-state index is 12.7. The van der Waals surface area contributed by atoms with E-state index >= 15 is 0 Å². The quantitative estimate of drug-likeness (QED) is 0.829. The molecule has 2 heterocycles. The number of halogens is 1. The lowest BCUT2D eigenvalue weighted by atomic mass is 9.85. The van der Waals surface area contributed by atoms with E-state index in [-0.39, 0.29) is 22.9 Å². The third-order valence-electron chi connectivity index (χ3n) is 4.00. The number of hydrogen-bond acceptors (Lipinski definition) is 5. The average Bonchev–Trinajstić information content (AvgIpc) is 2.57. The van der Waals surface area contributed by atoms with Crippen LogP contribution in [0.1, 0.15) is 17.0 Å². The second-order valence-corrected chi connectivity index (χ2v) is 5.84. The molecule has 122 valence electrons. The van der Waals surface area contributed by atoms with Gasteiger partial charge in [-0.25, -0.2) is 4.79 Å². The number of nitrogens with zero attached hydrogens (tertiary/aromatic N) is 3. The van der Waals surface area contributed by atoms with Gasteiger partial charge in [0.15, 0.2) is 0 Å². The molecule has 2 N–H and O–H groups in total. The molecule has 7 nitrogen and oxygen atoms in total. The molecule has 0 spiro atoms. The van der Waals surface area contributed by atoms with Crippen molar-refractivity contribution in [2.75, 3.05) is 0 Å². The smallest absolute Gasteiger partial charge is 0.333 e. The third-order valence-corrected chi connectivity index (χ3v) is 4.23. The molecule has 0 saturated heterocycles. The van der Waals surface area contributed by atoms with Crippen LogP contribution in [0.4, 0.5) is 0 Å². The Morgan fingerprint density at radius 2 is 2.00 bits per heavy atom. The molecule has 1 aromatic carbocycles. The Hall–Kier alpha value is -2.98. The Bertz CT molecular complexity index is 1040. The van der Waals surface area contributed by atoms with Crippen molar-refractivity contribution in [3.63, 3.8) is 0 Å². The molecule has 1 aliphatic heterocycles. The normalized spacial score (nSPS) is 16.3. The summed E-state index contributed by atoms with van der Waals surface area (Å²) in [4.78, 5) is 24.8. The van der Waals surface area contributed by atoms with E-state index in [1.165, 1.54) is 18.7 Å². The van der Waals surface area contributed by atoms with Crippen molar-refractivity contribution < 1.29 is 4.74 Å². The number of benzene rings is 1. The lowest BCUT2D eigenvalue weighted by Gasteiger charge is -2.27. The van der Waals surface area contributed by atoms with Crippen LogP contribution in [0.5, 0.6) is 5.88 Å². The highest BCUT2D eigenvalue weighted by Crippen LogP contribution is 2.39. The molecule has 0 bridgehead atoms. The Morgan fingerprint density at radius 3 is 2.62 bits per heavy atom. The van der Waals surface area contributed by atoms with E-state index < -0.39 is 17.2 Å². The molecule has 2 aromatic rings. The fourth-order valence-electron chi connectivity index (χ4n) is 2.81. The highest BCUT2D eigenvalue weighted by atomic mass is 35.5. The van der Waals surface area contributed by atoms with Crippen LogP contribution in [0.25, 0.3) is 0 Å². The molecule has 24 heavy (non-hydrogen) atoms. The first-order chi connectivity index (χ1) is 11.4. The van der Waals surface area contributed by atoms with Crippen molar-refractivity contribution in [2.45, 2.75) is 5.92 Å². The van der Waals surface area contributed by atoms with Crippen molar-refractivity contribution in [1.82, 2.24) is 9.13 Å². The van der Waals surface area contributed by atoms with Gasteiger partial charge in [-0.2, -0.15) is 5.26 Å². The van der Waals surface area contributed by atoms with Gasteiger partial charge in [-0.05, 0) is 17.7 Å². The van der Waals surface area contributed by atoms with E-state index in [2.05, 4.69) is 0 Å². The van der Waals surface area contributed by atoms with Crippen LogP contribution in [0, 0.1) is 11.3 Å². The molecule has 0 radical (unpaired) electrons. The van der Waals surface area contributed by atoms with Crippen molar-refractivity contribution in [3.05, 3.63) is 72.7 Å². The molecule has 3 rings (SSSR count). The van der Waals surface area contributed by atoms with Crippen molar-refractivity contribution >= 4 is 11.6 Å². The van der Waals surface area contributed by atoms with Crippen LogP contribution >= 0.6 is 11.6 Å². The minimum atomic E-state index is -0.761. The van der Waals surface area contributed by atoms with Gasteiger partial charge in [0, 0.05) is 19.1 Å². The molecule has 0 unspecified atom stereocenters. The molecule has 0 amide bonds. The zero-order valence-electron chi connectivity index (χ0n) is 12.9. The predicted molar refractivity (Wildman–Crippen MR) is 87.7 cm³/mol. The number of rotatable bonds is 1. The summed E-state index contributed by atoms with van der Waals surface area (Å²) in [6, 6.07) is 8.78. The second-order valence-electron chi connectivity index (χ2n) is 5.40. The van der Waals surface area contributed by atoms with Crippen molar-refractivity contribution in [1.29, 1.82) is 5.26 Å². The van der Waals surface area contributed by atoms with E-state index in [4.69, 9.17) is 22.1 Å². The fraction of sp³-hybridized carbons (Fsp3) is 0.188. The number of allylic oxidation sites excluding steroid dienone is 1. The van der Waals surface area contributed by atoms with E-state index in [0.717, 1.165) is 4.57 Å². The van der Waals surface area contributed by atoms with E-state index in [1.807, 2.05) is 6.07 Å². The largest absolute Gasteiger partial charge is 0.423 e. The van der Waals surface area contributed by atoms with E-state index in [0.29, 0.717) is 10.6 Å². The number of nitrogens with two attached hydrogens (primary N) is 1. The molecule has 1 aromatic heterocycles. The third kappa shape index (κ3) is 2.20. The number of aromatic nitrogens is 2. The highest BCUT2D eigenvalue weighted by Gasteiger charge is 2.35. The second kappa shape index (κ2) is 5.58. The summed E-state index contributed by atoms with van der Waals surface area (Å²) in [5.74, 6) is -0.870. The van der Waals surface area contributed by atoms with Gasteiger partial charge in [-0.15, -0.1) is 0 Å². The van der Waals surface area contributed by atoms with Gasteiger partial charge >= 0.3 is 5.69 Å². The Kier molecular flexibility index (Phi) is 3.70. The molecule has 0 aliphatic carbocycles. The molecule has 8 heteroatoms. The minimum absolute atomic E-state index is 0.0320. The molecule has 1 atom stereocenters. The van der Waals surface area contributed by atoms with Crippen LogP contribution in [0.15, 0.2) is 45.3 Å². The van der Waals surface area contributed by atoms with Crippen LogP contribution in [-0.4, -0.2) is 9.13 Å². The first-order valence-corrected chi connectivity index (χ1v) is 7.37. The zero-order chi connectivity index (χ0) is 17.6. The minimum Gasteiger partial charge on any atom is -0.423 e. The molecular formula is C16H13ClN4O3. The van der Waals surface area contributed by atoms with Crippen molar-refractivity contribution in [2.24, 2.45) is 19.8 Å². The van der Waals surface area contributed by atoms with Gasteiger partial charge in [0.05, 0.1) is 11.5 Å². The summed E-state index contributed by atoms with van der Waals surface area (Å²) in [6.45, 7) is 0. The lowest BCUT2D eigenvalue weighted by molar-refractivity contribution is 0.348. The molecular weight excluding hydrogens is 332 g/mol. The van der Waals surface area contributed by atoms with Crippen LogP contribution in [-0.2, 0) is 14.1 Å². The van der Waals surface area contributed by atoms with E-state index in [9.17, 15) is 14.9 Å². The Morgan fingerprint density at radius 1 is 1.29 bits per heavy atom. The fourth-order valence-corrected chi connectivity index (χ4v) is 3.01. The maximum Gasteiger partial charge on any atom is 0.333 e. The van der Waals surface area contributed by atoms with Gasteiger partial charge in [0.2, 0.25) is 11.8 Å². The van der Waals surface area contributed by atoms with E-state index in [1.54, 1.807) is 24.3 Å². The van der Waals surface area contributed by atoms with Crippen molar-refractivity contribution in [3.8, 4) is 11.9 Å². The maximum atomic E-state index is 12.7. The van der Waals surface area contributed by atoms with Crippen LogP contribution in [0.3, 0.4) is 0 Å². The van der Waals surface area contributed by atoms with Gasteiger partial charge in [0.1, 0.15) is 11.6 Å². The number of nitriles is 1. The number of hydrogen-bond donors (Lipinski definition) is 1. The number of ether oxygens (including phenoxy) is 1. The molecule has 0 saturated carbocycles. The first kappa shape index (κ1) is 15.9.